The zero-order valence-electron chi connectivity index (χ0n) is 15.0. The van der Waals surface area contributed by atoms with Crippen LogP contribution in [0.2, 0.25) is 0 Å². The summed E-state index contributed by atoms with van der Waals surface area (Å²) in [6.07, 6.45) is 0. The maximum atomic E-state index is 12.7. The van der Waals surface area contributed by atoms with E-state index >= 15 is 0 Å². The highest BCUT2D eigenvalue weighted by Crippen LogP contribution is 2.30. The van der Waals surface area contributed by atoms with Crippen molar-refractivity contribution >= 4 is 21.7 Å². The van der Waals surface area contributed by atoms with Crippen molar-refractivity contribution in [2.24, 2.45) is 0 Å². The number of hydrogen-bond acceptors (Lipinski definition) is 4. The van der Waals surface area contributed by atoms with Gasteiger partial charge < -0.3 is 4.74 Å². The standard InChI is InChI=1S/C21H19NO4S/c1-15-7-13-18(14-8-15)27(24,25)22-20-6-4-3-5-19(20)16-9-11-17(12-10-16)21(23)26-2/h3-14,22H,1-2H3. The molecule has 1 N–H and O–H groups in total. The highest BCUT2D eigenvalue weighted by Gasteiger charge is 2.16. The Bertz CT molecular complexity index is 1060. The van der Waals surface area contributed by atoms with Gasteiger partial charge in [-0.25, -0.2) is 13.2 Å². The second kappa shape index (κ2) is 7.63. The number of sulfonamides is 1. The third-order valence-electron chi connectivity index (χ3n) is 4.12. The first-order chi connectivity index (χ1) is 12.9. The second-order valence-corrected chi connectivity index (χ2v) is 7.72. The van der Waals surface area contributed by atoms with Crippen LogP contribution in [0.15, 0.2) is 77.7 Å². The molecular weight excluding hydrogens is 362 g/mol. The van der Waals surface area contributed by atoms with Gasteiger partial charge in [-0.1, -0.05) is 48.0 Å². The lowest BCUT2D eigenvalue weighted by atomic mass is 10.0. The maximum Gasteiger partial charge on any atom is 0.337 e. The fourth-order valence-electron chi connectivity index (χ4n) is 2.65. The quantitative estimate of drug-likeness (QED) is 0.671. The molecule has 5 nitrogen and oxygen atoms in total. The largest absolute Gasteiger partial charge is 0.465 e. The van der Waals surface area contributed by atoms with Crippen molar-refractivity contribution in [2.45, 2.75) is 11.8 Å². The SMILES string of the molecule is COC(=O)c1ccc(-c2ccccc2NS(=O)(=O)c2ccc(C)cc2)cc1. The molecule has 0 saturated heterocycles. The molecule has 3 aromatic carbocycles. The van der Waals surface area contributed by atoms with Crippen LogP contribution in [0.4, 0.5) is 5.69 Å². The smallest absolute Gasteiger partial charge is 0.337 e. The minimum Gasteiger partial charge on any atom is -0.465 e. The number of carbonyl (C=O) groups is 1. The monoisotopic (exact) mass is 381 g/mol. The van der Waals surface area contributed by atoms with Crippen LogP contribution in [0.25, 0.3) is 11.1 Å². The Morgan fingerprint density at radius 3 is 2.15 bits per heavy atom. The topological polar surface area (TPSA) is 72.5 Å². The molecule has 0 spiro atoms. The van der Waals surface area contributed by atoms with Crippen LogP contribution in [0, 0.1) is 6.92 Å². The van der Waals surface area contributed by atoms with E-state index in [1.54, 1.807) is 60.7 Å². The fraction of sp³-hybridized carbons (Fsp3) is 0.0952. The Morgan fingerprint density at radius 1 is 0.889 bits per heavy atom. The Kier molecular flexibility index (Phi) is 5.28. The molecule has 0 aliphatic heterocycles. The number of para-hydroxylation sites is 1. The van der Waals surface area contributed by atoms with E-state index in [0.29, 0.717) is 16.8 Å². The number of benzene rings is 3. The van der Waals surface area contributed by atoms with E-state index in [1.165, 1.54) is 7.11 Å². The lowest BCUT2D eigenvalue weighted by Crippen LogP contribution is -2.13. The van der Waals surface area contributed by atoms with Gasteiger partial charge in [-0.05, 0) is 42.8 Å². The first kappa shape index (κ1) is 18.7. The van der Waals surface area contributed by atoms with E-state index < -0.39 is 16.0 Å². The van der Waals surface area contributed by atoms with Gasteiger partial charge >= 0.3 is 5.97 Å². The molecular formula is C21H19NO4S. The molecule has 3 aromatic rings. The van der Waals surface area contributed by atoms with Crippen molar-refractivity contribution in [3.63, 3.8) is 0 Å². The normalized spacial score (nSPS) is 11.0. The van der Waals surface area contributed by atoms with Crippen LogP contribution >= 0.6 is 0 Å². The second-order valence-electron chi connectivity index (χ2n) is 6.03. The molecule has 0 heterocycles. The predicted octanol–water partition coefficient (Wildman–Crippen LogP) is 4.25. The lowest BCUT2D eigenvalue weighted by Gasteiger charge is -2.13. The molecule has 0 fully saturated rings. The van der Waals surface area contributed by atoms with Gasteiger partial charge in [-0.3, -0.25) is 4.72 Å². The Morgan fingerprint density at radius 2 is 1.52 bits per heavy atom. The minimum atomic E-state index is -3.71. The average Bonchev–Trinajstić information content (AvgIpc) is 2.68. The summed E-state index contributed by atoms with van der Waals surface area (Å²) >= 11 is 0. The van der Waals surface area contributed by atoms with Crippen LogP contribution in [0.3, 0.4) is 0 Å². The van der Waals surface area contributed by atoms with Crippen LogP contribution in [0.1, 0.15) is 15.9 Å². The lowest BCUT2D eigenvalue weighted by molar-refractivity contribution is 0.0600. The van der Waals surface area contributed by atoms with Crippen LogP contribution in [-0.2, 0) is 14.8 Å². The predicted molar refractivity (Wildman–Crippen MR) is 105 cm³/mol. The zero-order chi connectivity index (χ0) is 19.4. The van der Waals surface area contributed by atoms with Gasteiger partial charge in [-0.15, -0.1) is 0 Å². The van der Waals surface area contributed by atoms with Crippen molar-refractivity contribution in [2.75, 3.05) is 11.8 Å². The van der Waals surface area contributed by atoms with Gasteiger partial charge in [0.1, 0.15) is 0 Å². The molecule has 3 rings (SSSR count). The first-order valence-corrected chi connectivity index (χ1v) is 9.76. The van der Waals surface area contributed by atoms with Gasteiger partial charge in [0.2, 0.25) is 0 Å². The van der Waals surface area contributed by atoms with Crippen molar-refractivity contribution < 1.29 is 17.9 Å². The molecule has 0 aliphatic rings. The first-order valence-electron chi connectivity index (χ1n) is 8.28. The highest BCUT2D eigenvalue weighted by atomic mass is 32.2. The minimum absolute atomic E-state index is 0.198. The summed E-state index contributed by atoms with van der Waals surface area (Å²) in [5.74, 6) is -0.421. The van der Waals surface area contributed by atoms with Gasteiger partial charge in [-0.2, -0.15) is 0 Å². The number of rotatable bonds is 5. The summed E-state index contributed by atoms with van der Waals surface area (Å²) in [5, 5.41) is 0. The number of ether oxygens (including phenoxy) is 1. The van der Waals surface area contributed by atoms with Crippen LogP contribution in [0.5, 0.6) is 0 Å². The van der Waals surface area contributed by atoms with E-state index in [2.05, 4.69) is 4.72 Å². The van der Waals surface area contributed by atoms with E-state index in [4.69, 9.17) is 4.74 Å². The van der Waals surface area contributed by atoms with Gasteiger partial charge in [0, 0.05) is 5.56 Å². The molecule has 138 valence electrons. The number of nitrogens with one attached hydrogen (secondary N) is 1. The fourth-order valence-corrected chi connectivity index (χ4v) is 3.73. The Labute approximate surface area is 158 Å². The molecule has 6 heteroatoms. The zero-order valence-corrected chi connectivity index (χ0v) is 15.8. The summed E-state index contributed by atoms with van der Waals surface area (Å²) in [6.45, 7) is 1.90. The molecule has 0 amide bonds. The summed E-state index contributed by atoms with van der Waals surface area (Å²) in [5.41, 5.74) is 3.37. The highest BCUT2D eigenvalue weighted by molar-refractivity contribution is 7.92. The molecule has 0 aromatic heterocycles. The number of hydrogen-bond donors (Lipinski definition) is 1. The van der Waals surface area contributed by atoms with Gasteiger partial charge in [0.15, 0.2) is 0 Å². The molecule has 27 heavy (non-hydrogen) atoms. The summed E-state index contributed by atoms with van der Waals surface area (Å²) < 4.78 is 32.8. The average molecular weight is 381 g/mol. The molecule has 0 saturated carbocycles. The number of carbonyl (C=O) groups excluding carboxylic acids is 1. The molecule has 0 aliphatic carbocycles. The van der Waals surface area contributed by atoms with Crippen LogP contribution in [-0.4, -0.2) is 21.5 Å². The molecule has 0 atom stereocenters. The third-order valence-corrected chi connectivity index (χ3v) is 5.50. The summed E-state index contributed by atoms with van der Waals surface area (Å²) in [6, 6.07) is 20.6. The van der Waals surface area contributed by atoms with Crippen molar-refractivity contribution in [1.29, 1.82) is 0 Å². The molecule has 0 bridgehead atoms. The summed E-state index contributed by atoms with van der Waals surface area (Å²) in [4.78, 5) is 11.8. The molecule has 0 unspecified atom stereocenters. The Hall–Kier alpha value is -3.12. The number of anilines is 1. The van der Waals surface area contributed by atoms with E-state index in [-0.39, 0.29) is 4.90 Å². The van der Waals surface area contributed by atoms with Gasteiger partial charge in [0.25, 0.3) is 10.0 Å². The number of esters is 1. The Balaban J connectivity index is 1.94. The maximum absolute atomic E-state index is 12.7. The van der Waals surface area contributed by atoms with E-state index in [9.17, 15) is 13.2 Å². The third kappa shape index (κ3) is 4.17. The molecule has 0 radical (unpaired) electrons. The number of aryl methyl sites for hydroxylation is 1. The van der Waals surface area contributed by atoms with Crippen molar-refractivity contribution in [3.05, 3.63) is 83.9 Å². The van der Waals surface area contributed by atoms with E-state index in [0.717, 1.165) is 11.1 Å². The van der Waals surface area contributed by atoms with Crippen molar-refractivity contribution in [3.8, 4) is 11.1 Å². The summed E-state index contributed by atoms with van der Waals surface area (Å²) in [7, 11) is -2.39. The van der Waals surface area contributed by atoms with Crippen molar-refractivity contribution in [1.82, 2.24) is 0 Å². The van der Waals surface area contributed by atoms with Crippen LogP contribution < -0.4 is 4.72 Å². The van der Waals surface area contributed by atoms with E-state index in [1.807, 2.05) is 19.1 Å². The van der Waals surface area contributed by atoms with Gasteiger partial charge in [0.05, 0.1) is 23.3 Å². The number of methoxy groups -OCH3 is 1.